The van der Waals surface area contributed by atoms with Crippen molar-refractivity contribution in [3.63, 3.8) is 0 Å². The molecule has 1 aliphatic carbocycles. The van der Waals surface area contributed by atoms with Gasteiger partial charge in [-0.05, 0) is 42.7 Å². The highest BCUT2D eigenvalue weighted by molar-refractivity contribution is 8.45. The van der Waals surface area contributed by atoms with Crippen LogP contribution in [0.15, 0.2) is 29.2 Å². The van der Waals surface area contributed by atoms with Crippen molar-refractivity contribution in [2.24, 2.45) is 5.73 Å². The third-order valence-electron chi connectivity index (χ3n) is 5.97. The molecule has 41 heavy (non-hydrogen) atoms. The number of ether oxygens (including phenoxy) is 1. The fourth-order valence-electron chi connectivity index (χ4n) is 3.91. The normalized spacial score (nSPS) is 15.8. The molecular formula is C22H13Cl2F8N5O3S. The van der Waals surface area contributed by atoms with E-state index in [4.69, 9.17) is 33.7 Å². The minimum Gasteiger partial charge on any atom is -0.444 e. The molecule has 2 aromatic carbocycles. The highest BCUT2D eigenvalue weighted by Crippen LogP contribution is 3.02. The highest BCUT2D eigenvalue weighted by atomic mass is 35.5. The Morgan fingerprint density at radius 3 is 2.05 bits per heavy atom. The Labute approximate surface area is 234 Å². The van der Waals surface area contributed by atoms with Crippen LogP contribution >= 0.6 is 33.4 Å². The molecule has 0 radical (unpaired) electrons. The van der Waals surface area contributed by atoms with Crippen molar-refractivity contribution in [2.75, 3.05) is 5.32 Å². The van der Waals surface area contributed by atoms with E-state index in [-0.39, 0.29) is 36.1 Å². The topological polar surface area (TPSA) is 123 Å². The first-order valence-electron chi connectivity index (χ1n) is 10.8. The predicted octanol–water partition coefficient (Wildman–Crippen LogP) is 7.39. The van der Waals surface area contributed by atoms with Gasteiger partial charge in [0.1, 0.15) is 29.1 Å². The fourth-order valence-corrected chi connectivity index (χ4v) is 5.37. The number of carbonyl (C=O) groups is 2. The molecule has 2 amide bonds. The average molecular weight is 650 g/mol. The number of nitriles is 1. The molecule has 1 fully saturated rings. The average Bonchev–Trinajstić information content (AvgIpc) is 3.57. The number of hydrogen-bond donors (Lipinski definition) is 2. The zero-order valence-electron chi connectivity index (χ0n) is 19.8. The third-order valence-corrected chi connectivity index (χ3v) is 7.68. The summed E-state index contributed by atoms with van der Waals surface area (Å²) >= 11 is 11.8. The molecule has 0 aliphatic heterocycles. The van der Waals surface area contributed by atoms with Gasteiger partial charge in [0, 0.05) is 5.56 Å². The first kappa shape index (κ1) is 30.2. The number of amides is 2. The number of anilines is 1. The van der Waals surface area contributed by atoms with E-state index in [0.29, 0.717) is 16.8 Å². The first-order chi connectivity index (χ1) is 18.7. The summed E-state index contributed by atoms with van der Waals surface area (Å²) in [5, 5.41) is 13.5. The van der Waals surface area contributed by atoms with Crippen LogP contribution in [0.1, 0.15) is 29.7 Å². The van der Waals surface area contributed by atoms with Crippen molar-refractivity contribution in [3.8, 4) is 11.8 Å². The largest absolute Gasteiger partial charge is 0.444 e. The molecular weight excluding hydrogens is 637 g/mol. The number of rotatable bonds is 7. The lowest BCUT2D eigenvalue weighted by atomic mass is 9.94. The van der Waals surface area contributed by atoms with Crippen LogP contribution in [-0.2, 0) is 21.6 Å². The first-order valence-corrected chi connectivity index (χ1v) is 13.5. The molecule has 4 rings (SSSR count). The Hall–Kier alpha value is -3.75. The van der Waals surface area contributed by atoms with Gasteiger partial charge in [0.15, 0.2) is 23.1 Å². The lowest BCUT2D eigenvalue weighted by Crippen LogP contribution is -2.30. The van der Waals surface area contributed by atoms with Crippen LogP contribution in [0.2, 0.25) is 10.0 Å². The van der Waals surface area contributed by atoms with E-state index >= 15 is 0 Å². The lowest BCUT2D eigenvalue weighted by molar-refractivity contribution is -0.120. The van der Waals surface area contributed by atoms with Crippen molar-refractivity contribution < 1.29 is 46.9 Å². The Kier molecular flexibility index (Phi) is 6.73. The predicted molar refractivity (Wildman–Crippen MR) is 130 cm³/mol. The quantitative estimate of drug-likeness (QED) is 0.204. The van der Waals surface area contributed by atoms with Crippen LogP contribution in [0.25, 0.3) is 5.69 Å². The number of halogens is 10. The van der Waals surface area contributed by atoms with Gasteiger partial charge in [-0.15, -0.1) is 0 Å². The third kappa shape index (κ3) is 5.72. The highest BCUT2D eigenvalue weighted by Gasteiger charge is 2.65. The maximum absolute atomic E-state index is 13.5. The Bertz CT molecular complexity index is 1640. The van der Waals surface area contributed by atoms with E-state index in [1.807, 2.05) is 0 Å². The Morgan fingerprint density at radius 2 is 1.61 bits per heavy atom. The number of nitrogens with zero attached hydrogens (tertiary/aromatic N) is 3. The summed E-state index contributed by atoms with van der Waals surface area (Å²) in [5.74, 6) is -6.53. The molecule has 1 heterocycles. The SMILES string of the molecule is N#Cc1nn(-c2c(Cl)cc(S(F)(F)(F)(F)F)cc2Cl)c(NC(=O)OCc2cc(F)c(F)c(F)c2)c1C1(C(N)=O)CC1. The maximum atomic E-state index is 13.5. The fraction of sp³-hybridized carbons (Fsp3) is 0.182. The van der Waals surface area contributed by atoms with E-state index in [1.54, 1.807) is 6.07 Å². The molecule has 0 bridgehead atoms. The van der Waals surface area contributed by atoms with Crippen LogP contribution in [0.5, 0.6) is 0 Å². The monoisotopic (exact) mass is 649 g/mol. The number of hydrogen-bond acceptors (Lipinski definition) is 5. The second-order valence-corrected chi connectivity index (χ2v) is 12.0. The van der Waals surface area contributed by atoms with Crippen LogP contribution < -0.4 is 11.1 Å². The van der Waals surface area contributed by atoms with Gasteiger partial charge in [0.25, 0.3) is 0 Å². The van der Waals surface area contributed by atoms with Crippen molar-refractivity contribution in [2.45, 2.75) is 29.8 Å². The van der Waals surface area contributed by atoms with Gasteiger partial charge in [0.05, 0.1) is 15.5 Å². The standard InChI is InChI=1S/C22H13Cl2F8N5O3S/c23-11-5-10(41(28,29,30,31)32)6-12(24)18(11)37-19(16(15(7-33)36-37)22(1-2-22)20(34)38)35-21(39)40-8-9-3-13(25)17(27)14(26)4-9/h3-6H,1-2,8H2,(H2,34,38)(H,35,39). The number of primary amides is 1. The van der Waals surface area contributed by atoms with Crippen molar-refractivity contribution in [1.29, 1.82) is 5.26 Å². The van der Waals surface area contributed by atoms with Crippen LogP contribution in [0.4, 0.5) is 43.2 Å². The molecule has 19 heteroatoms. The summed E-state index contributed by atoms with van der Waals surface area (Å²) in [6.45, 7) is -0.838. The van der Waals surface area contributed by atoms with Crippen LogP contribution in [0.3, 0.4) is 0 Å². The van der Waals surface area contributed by atoms with Gasteiger partial charge in [-0.1, -0.05) is 42.6 Å². The molecule has 3 N–H and O–H groups in total. The number of aromatic nitrogens is 2. The van der Waals surface area contributed by atoms with Gasteiger partial charge in [-0.25, -0.2) is 22.6 Å². The molecule has 0 unspecified atom stereocenters. The molecule has 3 aromatic rings. The molecule has 0 saturated heterocycles. The van der Waals surface area contributed by atoms with Gasteiger partial charge in [0.2, 0.25) is 5.91 Å². The maximum Gasteiger partial charge on any atom is 0.413 e. The second-order valence-electron chi connectivity index (χ2n) is 8.82. The minimum atomic E-state index is -10.3. The van der Waals surface area contributed by atoms with E-state index < -0.39 is 83.8 Å². The summed E-state index contributed by atoms with van der Waals surface area (Å²) in [5.41, 5.74) is 1.97. The zero-order valence-corrected chi connectivity index (χ0v) is 22.1. The van der Waals surface area contributed by atoms with Crippen molar-refractivity contribution in [3.05, 3.63) is 68.6 Å². The van der Waals surface area contributed by atoms with Crippen molar-refractivity contribution >= 4 is 51.2 Å². The smallest absolute Gasteiger partial charge is 0.413 e. The molecule has 8 nitrogen and oxygen atoms in total. The molecule has 0 spiro atoms. The summed E-state index contributed by atoms with van der Waals surface area (Å²) in [7, 11) is -10.3. The number of carbonyl (C=O) groups excluding carboxylic acids is 2. The molecule has 0 atom stereocenters. The van der Waals surface area contributed by atoms with Crippen LogP contribution in [-0.4, -0.2) is 21.8 Å². The summed E-state index contributed by atoms with van der Waals surface area (Å²) in [6.07, 6.45) is -1.34. The summed E-state index contributed by atoms with van der Waals surface area (Å²) in [6, 6.07) is 2.41. The minimum absolute atomic E-state index is 0.0468. The number of nitrogens with one attached hydrogen (secondary N) is 1. The number of nitrogens with two attached hydrogens (primary N) is 1. The van der Waals surface area contributed by atoms with Gasteiger partial charge in [-0.2, -0.15) is 10.4 Å². The van der Waals surface area contributed by atoms with E-state index in [9.17, 15) is 47.5 Å². The van der Waals surface area contributed by atoms with Crippen molar-refractivity contribution in [1.82, 2.24) is 9.78 Å². The van der Waals surface area contributed by atoms with E-state index in [1.165, 1.54) is 0 Å². The van der Waals surface area contributed by atoms with Crippen LogP contribution in [0, 0.1) is 28.8 Å². The van der Waals surface area contributed by atoms with Gasteiger partial charge in [-0.3, -0.25) is 10.1 Å². The molecule has 1 aromatic heterocycles. The van der Waals surface area contributed by atoms with Gasteiger partial charge >= 0.3 is 16.3 Å². The molecule has 1 saturated carbocycles. The molecule has 1 aliphatic rings. The lowest BCUT2D eigenvalue weighted by Gasteiger charge is -2.40. The van der Waals surface area contributed by atoms with E-state index in [2.05, 4.69) is 10.4 Å². The zero-order chi connectivity index (χ0) is 30.8. The summed E-state index contributed by atoms with van der Waals surface area (Å²) in [4.78, 5) is 22.5. The second kappa shape index (κ2) is 9.13. The Morgan fingerprint density at radius 1 is 1.07 bits per heavy atom. The van der Waals surface area contributed by atoms with E-state index in [0.717, 1.165) is 0 Å². The molecule has 220 valence electrons. The summed E-state index contributed by atoms with van der Waals surface area (Å²) < 4.78 is 113. The number of benzene rings is 2. The Balaban J connectivity index is 1.82. The van der Waals surface area contributed by atoms with Gasteiger partial charge < -0.3 is 10.5 Å².